The van der Waals surface area contributed by atoms with Crippen molar-refractivity contribution in [2.45, 2.75) is 32.5 Å². The van der Waals surface area contributed by atoms with E-state index < -0.39 is 7.50 Å². The maximum Gasteiger partial charge on any atom is 0.128 e. The van der Waals surface area contributed by atoms with Gasteiger partial charge in [-0.15, -0.1) is 0 Å². The molecule has 1 heterocycles. The van der Waals surface area contributed by atoms with Crippen LogP contribution in [0.2, 0.25) is 0 Å². The molecule has 0 aromatic carbocycles. The normalized spacial score (nSPS) is 52.0. The second-order valence-electron chi connectivity index (χ2n) is 2.68. The highest BCUT2D eigenvalue weighted by molar-refractivity contribution is 7.80. The molecular weight excluding hydrogens is 154 g/mol. The summed E-state index contributed by atoms with van der Waals surface area (Å²) in [5, 5.41) is 0. The molecule has 4 atom stereocenters. The molecule has 1 aliphatic heterocycles. The zero-order chi connectivity index (χ0) is 7.02. The first-order valence-corrected chi connectivity index (χ1v) is 5.48. The molecule has 0 N–H and O–H groups in total. The molecular formula is C6H12ClOP. The van der Waals surface area contributed by atoms with E-state index in [9.17, 15) is 0 Å². The van der Waals surface area contributed by atoms with E-state index in [1.807, 2.05) is 0 Å². The molecule has 0 amide bonds. The average molecular weight is 167 g/mol. The second kappa shape index (κ2) is 2.74. The van der Waals surface area contributed by atoms with Crippen LogP contribution in [0.3, 0.4) is 0 Å². The molecule has 0 saturated carbocycles. The highest BCUT2D eigenvalue weighted by atomic mass is 35.7. The molecule has 1 fully saturated rings. The quantitative estimate of drug-likeness (QED) is 0.503. The molecule has 9 heavy (non-hydrogen) atoms. The van der Waals surface area contributed by atoms with Crippen molar-refractivity contribution in [2.24, 2.45) is 5.92 Å². The summed E-state index contributed by atoms with van der Waals surface area (Å²) in [6.45, 7) is 6.44. The lowest BCUT2D eigenvalue weighted by molar-refractivity contribution is 0.224. The van der Waals surface area contributed by atoms with Gasteiger partial charge < -0.3 is 4.52 Å². The van der Waals surface area contributed by atoms with Gasteiger partial charge in [0.15, 0.2) is 0 Å². The van der Waals surface area contributed by atoms with Gasteiger partial charge in [-0.05, 0) is 12.8 Å². The van der Waals surface area contributed by atoms with E-state index in [-0.39, 0.29) is 0 Å². The standard InChI is InChI=1S/C6H12ClOP/c1-4-5(2)8-9(7)6(4)3/h4-6H,1-3H3/t4-,5+,6?,9?/m0/s1. The van der Waals surface area contributed by atoms with E-state index in [1.54, 1.807) is 0 Å². The van der Waals surface area contributed by atoms with Crippen LogP contribution in [0, 0.1) is 5.92 Å². The Balaban J connectivity index is 2.54. The lowest BCUT2D eigenvalue weighted by Crippen LogP contribution is -2.13. The third-order valence-corrected chi connectivity index (χ3v) is 4.90. The van der Waals surface area contributed by atoms with Crippen molar-refractivity contribution in [1.82, 2.24) is 0 Å². The second-order valence-corrected chi connectivity index (χ2v) is 5.25. The zero-order valence-corrected chi connectivity index (χ0v) is 7.62. The molecule has 1 nitrogen and oxygen atoms in total. The van der Waals surface area contributed by atoms with Crippen LogP contribution in [-0.2, 0) is 4.52 Å². The summed E-state index contributed by atoms with van der Waals surface area (Å²) in [5.41, 5.74) is 0.566. The molecule has 0 bridgehead atoms. The van der Waals surface area contributed by atoms with E-state index in [4.69, 9.17) is 15.8 Å². The maximum absolute atomic E-state index is 5.89. The minimum atomic E-state index is -0.633. The number of rotatable bonds is 0. The van der Waals surface area contributed by atoms with Crippen molar-refractivity contribution in [3.63, 3.8) is 0 Å². The minimum absolute atomic E-state index is 0.364. The minimum Gasteiger partial charge on any atom is -0.340 e. The molecule has 2 unspecified atom stereocenters. The van der Waals surface area contributed by atoms with Crippen molar-refractivity contribution in [1.29, 1.82) is 0 Å². The molecule has 1 saturated heterocycles. The number of halogens is 1. The first-order chi connectivity index (χ1) is 4.13. The summed E-state index contributed by atoms with van der Waals surface area (Å²) in [6.07, 6.45) is 0.364. The van der Waals surface area contributed by atoms with Gasteiger partial charge in [-0.2, -0.15) is 0 Å². The first-order valence-electron chi connectivity index (χ1n) is 3.24. The Kier molecular flexibility index (Phi) is 2.37. The molecule has 0 aromatic heterocycles. The fourth-order valence-electron chi connectivity index (χ4n) is 0.928. The summed E-state index contributed by atoms with van der Waals surface area (Å²) in [7, 11) is -0.633. The first kappa shape index (κ1) is 7.78. The Morgan fingerprint density at radius 1 is 1.33 bits per heavy atom. The Labute approximate surface area is 62.4 Å². The SMILES string of the molecule is CC1[C@@H](C)[C@@H](C)OP1Cl. The van der Waals surface area contributed by atoms with Gasteiger partial charge in [0.2, 0.25) is 0 Å². The van der Waals surface area contributed by atoms with Crippen molar-refractivity contribution >= 4 is 18.7 Å². The summed E-state index contributed by atoms with van der Waals surface area (Å²) in [4.78, 5) is 0. The average Bonchev–Trinajstić information content (AvgIpc) is 1.98. The Bertz CT molecular complexity index is 97.2. The smallest absolute Gasteiger partial charge is 0.128 e. The largest absolute Gasteiger partial charge is 0.340 e. The molecule has 0 radical (unpaired) electrons. The van der Waals surface area contributed by atoms with E-state index in [0.717, 1.165) is 0 Å². The van der Waals surface area contributed by atoms with Gasteiger partial charge in [-0.3, -0.25) is 0 Å². The van der Waals surface area contributed by atoms with Crippen LogP contribution < -0.4 is 0 Å². The fourth-order valence-corrected chi connectivity index (χ4v) is 3.15. The monoisotopic (exact) mass is 166 g/mol. The molecule has 0 spiro atoms. The summed E-state index contributed by atoms with van der Waals surface area (Å²) < 4.78 is 5.42. The summed E-state index contributed by atoms with van der Waals surface area (Å²) in [5.74, 6) is 0.633. The predicted octanol–water partition coefficient (Wildman–Crippen LogP) is 2.98. The van der Waals surface area contributed by atoms with Crippen molar-refractivity contribution in [2.75, 3.05) is 0 Å². The van der Waals surface area contributed by atoms with Gasteiger partial charge in [0.1, 0.15) is 7.50 Å². The van der Waals surface area contributed by atoms with Crippen molar-refractivity contribution < 1.29 is 4.52 Å². The van der Waals surface area contributed by atoms with Gasteiger partial charge in [-0.25, -0.2) is 0 Å². The van der Waals surface area contributed by atoms with E-state index in [1.165, 1.54) is 0 Å². The van der Waals surface area contributed by atoms with E-state index in [2.05, 4.69) is 20.8 Å². The van der Waals surface area contributed by atoms with Crippen molar-refractivity contribution in [3.05, 3.63) is 0 Å². The maximum atomic E-state index is 5.89. The number of hydrogen-bond acceptors (Lipinski definition) is 1. The Morgan fingerprint density at radius 2 is 1.89 bits per heavy atom. The van der Waals surface area contributed by atoms with Crippen LogP contribution in [0.4, 0.5) is 0 Å². The van der Waals surface area contributed by atoms with E-state index >= 15 is 0 Å². The van der Waals surface area contributed by atoms with Gasteiger partial charge in [0, 0.05) is 5.66 Å². The van der Waals surface area contributed by atoms with Gasteiger partial charge in [-0.1, -0.05) is 25.1 Å². The van der Waals surface area contributed by atoms with Crippen LogP contribution in [0.1, 0.15) is 20.8 Å². The summed E-state index contributed by atoms with van der Waals surface area (Å²) in [6, 6.07) is 0. The molecule has 0 aliphatic carbocycles. The van der Waals surface area contributed by atoms with Crippen LogP contribution in [-0.4, -0.2) is 11.8 Å². The van der Waals surface area contributed by atoms with Crippen LogP contribution in [0.15, 0.2) is 0 Å². The summed E-state index contributed by atoms with van der Waals surface area (Å²) >= 11 is 5.89. The van der Waals surface area contributed by atoms with Crippen LogP contribution in [0.5, 0.6) is 0 Å². The van der Waals surface area contributed by atoms with Crippen LogP contribution in [0.25, 0.3) is 0 Å². The van der Waals surface area contributed by atoms with E-state index in [0.29, 0.717) is 17.7 Å². The van der Waals surface area contributed by atoms with Gasteiger partial charge in [0.25, 0.3) is 0 Å². The highest BCUT2D eigenvalue weighted by Crippen LogP contribution is 2.58. The molecule has 1 aliphatic rings. The molecule has 0 aromatic rings. The van der Waals surface area contributed by atoms with Crippen LogP contribution >= 0.6 is 18.7 Å². The fraction of sp³-hybridized carbons (Fsp3) is 1.00. The Hall–Kier alpha value is 0.680. The number of hydrogen-bond donors (Lipinski definition) is 0. The Morgan fingerprint density at radius 3 is 2.00 bits per heavy atom. The highest BCUT2D eigenvalue weighted by Gasteiger charge is 2.35. The topological polar surface area (TPSA) is 9.23 Å². The lowest BCUT2D eigenvalue weighted by Gasteiger charge is -2.08. The van der Waals surface area contributed by atoms with Crippen molar-refractivity contribution in [3.8, 4) is 0 Å². The third kappa shape index (κ3) is 1.39. The lowest BCUT2D eigenvalue weighted by atomic mass is 10.0. The molecule has 1 rings (SSSR count). The molecule has 3 heteroatoms. The third-order valence-electron chi connectivity index (χ3n) is 2.09. The predicted molar refractivity (Wildman–Crippen MR) is 41.9 cm³/mol. The van der Waals surface area contributed by atoms with Gasteiger partial charge >= 0.3 is 0 Å². The van der Waals surface area contributed by atoms with Gasteiger partial charge in [0.05, 0.1) is 6.10 Å². The molecule has 54 valence electrons. The zero-order valence-electron chi connectivity index (χ0n) is 5.97.